The number of amides is 1. The Labute approximate surface area is 138 Å². The molecule has 0 aliphatic rings. The van der Waals surface area contributed by atoms with Gasteiger partial charge in [0.15, 0.2) is 6.10 Å². The van der Waals surface area contributed by atoms with Crippen LogP contribution >= 0.6 is 23.2 Å². The molecule has 0 saturated heterocycles. The smallest absolute Gasteiger partial charge is 0.265 e. The number of anilines is 1. The zero-order valence-electron chi connectivity index (χ0n) is 12.1. The molecule has 2 rings (SSSR count). The van der Waals surface area contributed by atoms with Gasteiger partial charge in [-0.15, -0.1) is 0 Å². The molecule has 0 unspecified atom stereocenters. The van der Waals surface area contributed by atoms with E-state index in [9.17, 15) is 4.79 Å². The Morgan fingerprint density at radius 3 is 2.55 bits per heavy atom. The van der Waals surface area contributed by atoms with E-state index in [2.05, 4.69) is 5.32 Å². The van der Waals surface area contributed by atoms with Gasteiger partial charge in [0.1, 0.15) is 11.5 Å². The van der Waals surface area contributed by atoms with Crippen LogP contribution in [0.4, 0.5) is 5.69 Å². The molecule has 0 aliphatic heterocycles. The number of rotatable bonds is 5. The van der Waals surface area contributed by atoms with Crippen molar-refractivity contribution in [3.8, 4) is 11.5 Å². The molecule has 0 radical (unpaired) electrons. The fourth-order valence-corrected chi connectivity index (χ4v) is 2.11. The third-order valence-corrected chi connectivity index (χ3v) is 3.75. The van der Waals surface area contributed by atoms with Gasteiger partial charge in [-0.05, 0) is 31.2 Å². The average molecular weight is 340 g/mol. The summed E-state index contributed by atoms with van der Waals surface area (Å²) in [6, 6.07) is 12.1. The van der Waals surface area contributed by atoms with Crippen LogP contribution in [0.2, 0.25) is 10.0 Å². The molecule has 4 nitrogen and oxygen atoms in total. The molecular weight excluding hydrogens is 325 g/mol. The summed E-state index contributed by atoms with van der Waals surface area (Å²) in [5, 5.41) is 3.36. The number of nitrogens with one attached hydrogen (secondary N) is 1. The molecular formula is C16H15Cl2NO3. The summed E-state index contributed by atoms with van der Waals surface area (Å²) in [5.41, 5.74) is 0.445. The van der Waals surface area contributed by atoms with E-state index in [4.69, 9.17) is 32.7 Å². The van der Waals surface area contributed by atoms with E-state index in [1.165, 1.54) is 0 Å². The summed E-state index contributed by atoms with van der Waals surface area (Å²) in [6.07, 6.45) is -0.706. The Kier molecular flexibility index (Phi) is 5.52. The number of hydrogen-bond donors (Lipinski definition) is 1. The number of ether oxygens (including phenoxy) is 2. The van der Waals surface area contributed by atoms with Crippen molar-refractivity contribution >= 4 is 34.8 Å². The van der Waals surface area contributed by atoms with E-state index in [0.29, 0.717) is 27.2 Å². The molecule has 6 heteroatoms. The molecule has 2 aromatic rings. The first-order valence-electron chi connectivity index (χ1n) is 6.57. The van der Waals surface area contributed by atoms with Crippen LogP contribution in [0.1, 0.15) is 6.92 Å². The predicted octanol–water partition coefficient (Wildman–Crippen LogP) is 4.41. The van der Waals surface area contributed by atoms with Gasteiger partial charge >= 0.3 is 0 Å². The molecule has 1 N–H and O–H groups in total. The molecule has 0 aliphatic carbocycles. The fraction of sp³-hybridized carbons (Fsp3) is 0.188. The summed E-state index contributed by atoms with van der Waals surface area (Å²) in [6.45, 7) is 1.65. The van der Waals surface area contributed by atoms with Crippen molar-refractivity contribution in [1.82, 2.24) is 0 Å². The quantitative estimate of drug-likeness (QED) is 0.877. The van der Waals surface area contributed by atoms with E-state index in [0.717, 1.165) is 0 Å². The van der Waals surface area contributed by atoms with E-state index < -0.39 is 6.10 Å². The van der Waals surface area contributed by atoms with Crippen LogP contribution < -0.4 is 14.8 Å². The van der Waals surface area contributed by atoms with Gasteiger partial charge in [0.25, 0.3) is 5.91 Å². The van der Waals surface area contributed by atoms with Gasteiger partial charge in [0.2, 0.25) is 0 Å². The monoisotopic (exact) mass is 339 g/mol. The SMILES string of the molecule is COc1cccc(O[C@@H](C)C(=O)Nc2cccc(Cl)c2Cl)c1. The number of benzene rings is 2. The minimum Gasteiger partial charge on any atom is -0.497 e. The minimum absolute atomic E-state index is 0.297. The predicted molar refractivity (Wildman–Crippen MR) is 88.2 cm³/mol. The van der Waals surface area contributed by atoms with Crippen LogP contribution in [0.25, 0.3) is 0 Å². The van der Waals surface area contributed by atoms with E-state index in [1.54, 1.807) is 56.5 Å². The topological polar surface area (TPSA) is 47.6 Å². The Balaban J connectivity index is 2.04. The maximum Gasteiger partial charge on any atom is 0.265 e. The van der Waals surface area contributed by atoms with Gasteiger partial charge in [-0.1, -0.05) is 35.3 Å². The molecule has 0 saturated carbocycles. The lowest BCUT2D eigenvalue weighted by atomic mass is 10.3. The van der Waals surface area contributed by atoms with Crippen molar-refractivity contribution in [2.45, 2.75) is 13.0 Å². The zero-order valence-corrected chi connectivity index (χ0v) is 13.6. The standard InChI is InChI=1S/C16H15Cl2NO3/c1-10(22-12-6-3-5-11(9-12)21-2)16(20)19-14-8-4-7-13(17)15(14)18/h3-10H,1-2H3,(H,19,20)/t10-/m0/s1. The third-order valence-electron chi connectivity index (χ3n) is 2.93. The van der Waals surface area contributed by atoms with Crippen LogP contribution in [0.5, 0.6) is 11.5 Å². The van der Waals surface area contributed by atoms with Crippen molar-refractivity contribution in [3.05, 3.63) is 52.5 Å². The van der Waals surface area contributed by atoms with Crippen LogP contribution in [-0.2, 0) is 4.79 Å². The van der Waals surface area contributed by atoms with Gasteiger partial charge in [0, 0.05) is 6.07 Å². The minimum atomic E-state index is -0.706. The zero-order chi connectivity index (χ0) is 16.1. The maximum atomic E-state index is 12.2. The van der Waals surface area contributed by atoms with E-state index in [1.807, 2.05) is 0 Å². The first-order valence-corrected chi connectivity index (χ1v) is 7.32. The van der Waals surface area contributed by atoms with Crippen LogP contribution in [-0.4, -0.2) is 19.1 Å². The van der Waals surface area contributed by atoms with Gasteiger partial charge in [-0.3, -0.25) is 4.79 Å². The highest BCUT2D eigenvalue weighted by Gasteiger charge is 2.17. The first-order chi connectivity index (χ1) is 10.5. The highest BCUT2D eigenvalue weighted by Crippen LogP contribution is 2.29. The summed E-state index contributed by atoms with van der Waals surface area (Å²) in [4.78, 5) is 12.2. The molecule has 22 heavy (non-hydrogen) atoms. The highest BCUT2D eigenvalue weighted by molar-refractivity contribution is 6.44. The second kappa shape index (κ2) is 7.38. The fourth-order valence-electron chi connectivity index (χ4n) is 1.77. The largest absolute Gasteiger partial charge is 0.497 e. The lowest BCUT2D eigenvalue weighted by Crippen LogP contribution is -2.30. The summed E-state index contributed by atoms with van der Waals surface area (Å²) < 4.78 is 10.7. The Morgan fingerprint density at radius 1 is 1.14 bits per heavy atom. The highest BCUT2D eigenvalue weighted by atomic mass is 35.5. The van der Waals surface area contributed by atoms with E-state index in [-0.39, 0.29) is 5.91 Å². The van der Waals surface area contributed by atoms with Crippen LogP contribution in [0.3, 0.4) is 0 Å². The van der Waals surface area contributed by atoms with Crippen LogP contribution in [0, 0.1) is 0 Å². The van der Waals surface area contributed by atoms with Gasteiger partial charge in [-0.2, -0.15) is 0 Å². The maximum absolute atomic E-state index is 12.2. The summed E-state index contributed by atoms with van der Waals surface area (Å²) in [7, 11) is 1.57. The summed E-state index contributed by atoms with van der Waals surface area (Å²) >= 11 is 11.9. The molecule has 0 spiro atoms. The Morgan fingerprint density at radius 2 is 1.82 bits per heavy atom. The van der Waals surface area contributed by atoms with Crippen molar-refractivity contribution in [2.75, 3.05) is 12.4 Å². The number of carbonyl (C=O) groups excluding carboxylic acids is 1. The van der Waals surface area contributed by atoms with Crippen molar-refractivity contribution < 1.29 is 14.3 Å². The molecule has 1 atom stereocenters. The second-order valence-electron chi connectivity index (χ2n) is 4.53. The molecule has 0 fully saturated rings. The summed E-state index contributed by atoms with van der Waals surface area (Å²) in [5.74, 6) is 0.870. The van der Waals surface area contributed by atoms with Gasteiger partial charge in [0.05, 0.1) is 22.8 Å². The Hall–Kier alpha value is -1.91. The molecule has 0 aromatic heterocycles. The van der Waals surface area contributed by atoms with Crippen molar-refractivity contribution in [1.29, 1.82) is 0 Å². The third kappa shape index (κ3) is 4.06. The molecule has 2 aromatic carbocycles. The van der Waals surface area contributed by atoms with Crippen LogP contribution in [0.15, 0.2) is 42.5 Å². The molecule has 116 valence electrons. The van der Waals surface area contributed by atoms with Crippen molar-refractivity contribution in [3.63, 3.8) is 0 Å². The first kappa shape index (κ1) is 16.5. The van der Waals surface area contributed by atoms with Gasteiger partial charge < -0.3 is 14.8 Å². The number of halogens is 2. The average Bonchev–Trinajstić information content (AvgIpc) is 2.52. The van der Waals surface area contributed by atoms with Crippen molar-refractivity contribution in [2.24, 2.45) is 0 Å². The Bertz CT molecular complexity index is 676. The van der Waals surface area contributed by atoms with E-state index >= 15 is 0 Å². The number of carbonyl (C=O) groups is 1. The molecule has 0 bridgehead atoms. The number of hydrogen-bond acceptors (Lipinski definition) is 3. The molecule has 1 amide bonds. The lowest BCUT2D eigenvalue weighted by Gasteiger charge is -2.16. The number of methoxy groups -OCH3 is 1. The second-order valence-corrected chi connectivity index (χ2v) is 5.31. The van der Waals surface area contributed by atoms with Gasteiger partial charge in [-0.25, -0.2) is 0 Å². The molecule has 0 heterocycles. The lowest BCUT2D eigenvalue weighted by molar-refractivity contribution is -0.122. The normalized spacial score (nSPS) is 11.6.